The van der Waals surface area contributed by atoms with Crippen LogP contribution < -0.4 is 5.73 Å². The number of ether oxygens (including phenoxy) is 1. The number of nitrogens with zero attached hydrogens (tertiary/aromatic N) is 2. The number of hydrogen-bond donors (Lipinski definition) is 1. The van der Waals surface area contributed by atoms with Crippen molar-refractivity contribution in [2.45, 2.75) is 25.8 Å². The Morgan fingerprint density at radius 2 is 2.06 bits per heavy atom. The van der Waals surface area contributed by atoms with Crippen LogP contribution in [0.1, 0.15) is 20.3 Å². The maximum absolute atomic E-state index is 12.2. The van der Waals surface area contributed by atoms with Crippen LogP contribution in [0.5, 0.6) is 0 Å². The quantitative estimate of drug-likeness (QED) is 0.766. The number of likely N-dealkylation sites (N-methyl/N-ethyl adjacent to an activating group) is 1. The van der Waals surface area contributed by atoms with E-state index in [4.69, 9.17) is 10.5 Å². The van der Waals surface area contributed by atoms with Crippen molar-refractivity contribution in [2.75, 3.05) is 39.9 Å². The van der Waals surface area contributed by atoms with E-state index in [9.17, 15) is 4.79 Å². The van der Waals surface area contributed by atoms with Gasteiger partial charge in [-0.2, -0.15) is 0 Å². The predicted octanol–water partition coefficient (Wildman–Crippen LogP) is 0.498. The lowest BCUT2D eigenvalue weighted by Gasteiger charge is -2.41. The van der Waals surface area contributed by atoms with Crippen LogP contribution in [-0.2, 0) is 4.74 Å². The third kappa shape index (κ3) is 2.65. The first kappa shape index (κ1) is 13.3. The van der Waals surface area contributed by atoms with Crippen LogP contribution in [0, 0.1) is 0 Å². The van der Waals surface area contributed by atoms with Crippen LogP contribution in [-0.4, -0.2) is 61.3 Å². The maximum Gasteiger partial charge on any atom is 0.320 e. The molecule has 1 heterocycles. The molecule has 0 aliphatic carbocycles. The molecule has 1 saturated heterocycles. The van der Waals surface area contributed by atoms with Gasteiger partial charge in [-0.05, 0) is 13.3 Å². The molecule has 16 heavy (non-hydrogen) atoms. The molecule has 1 aliphatic rings. The van der Waals surface area contributed by atoms with E-state index in [2.05, 4.69) is 6.92 Å². The van der Waals surface area contributed by atoms with Crippen LogP contribution in [0.25, 0.3) is 0 Å². The number of amides is 2. The highest BCUT2D eigenvalue weighted by Crippen LogP contribution is 2.18. The Morgan fingerprint density at radius 1 is 1.50 bits per heavy atom. The lowest BCUT2D eigenvalue weighted by molar-refractivity contribution is 0.0349. The Labute approximate surface area is 97.5 Å². The highest BCUT2D eigenvalue weighted by molar-refractivity contribution is 5.75. The number of rotatable bonds is 3. The first-order valence-corrected chi connectivity index (χ1v) is 5.85. The summed E-state index contributed by atoms with van der Waals surface area (Å²) in [5.41, 5.74) is 5.49. The second kappa shape index (κ2) is 5.50. The van der Waals surface area contributed by atoms with E-state index in [1.54, 1.807) is 4.90 Å². The van der Waals surface area contributed by atoms with Crippen LogP contribution >= 0.6 is 0 Å². The van der Waals surface area contributed by atoms with E-state index in [0.29, 0.717) is 32.8 Å². The van der Waals surface area contributed by atoms with Gasteiger partial charge in [-0.15, -0.1) is 0 Å². The van der Waals surface area contributed by atoms with Crippen molar-refractivity contribution >= 4 is 6.03 Å². The van der Waals surface area contributed by atoms with Gasteiger partial charge in [-0.1, -0.05) is 6.92 Å². The average Bonchev–Trinajstić information content (AvgIpc) is 2.37. The fraction of sp³-hybridized carbons (Fsp3) is 0.909. The highest BCUT2D eigenvalue weighted by Gasteiger charge is 2.32. The molecule has 1 rings (SSSR count). The van der Waals surface area contributed by atoms with Gasteiger partial charge < -0.3 is 20.3 Å². The zero-order valence-electron chi connectivity index (χ0n) is 10.5. The molecule has 0 radical (unpaired) electrons. The van der Waals surface area contributed by atoms with Gasteiger partial charge in [0, 0.05) is 26.7 Å². The number of carbonyl (C=O) groups excluding carboxylic acids is 1. The van der Waals surface area contributed by atoms with Gasteiger partial charge >= 0.3 is 6.03 Å². The van der Waals surface area contributed by atoms with Crippen molar-refractivity contribution in [3.63, 3.8) is 0 Å². The Kier molecular flexibility index (Phi) is 4.56. The Bertz CT molecular complexity index is 235. The topological polar surface area (TPSA) is 58.8 Å². The third-order valence-electron chi connectivity index (χ3n) is 3.58. The summed E-state index contributed by atoms with van der Waals surface area (Å²) in [5, 5.41) is 0. The number of nitrogens with two attached hydrogens (primary N) is 1. The maximum atomic E-state index is 12.2. The molecule has 2 amide bonds. The van der Waals surface area contributed by atoms with Crippen molar-refractivity contribution in [1.29, 1.82) is 0 Å². The minimum atomic E-state index is -0.255. The number of morpholine rings is 1. The van der Waals surface area contributed by atoms with Crippen molar-refractivity contribution < 1.29 is 9.53 Å². The van der Waals surface area contributed by atoms with Gasteiger partial charge in [-0.25, -0.2) is 4.79 Å². The van der Waals surface area contributed by atoms with Crippen molar-refractivity contribution in [1.82, 2.24) is 9.80 Å². The second-order valence-electron chi connectivity index (χ2n) is 4.50. The molecular formula is C11H23N3O2. The van der Waals surface area contributed by atoms with Crippen LogP contribution in [0.4, 0.5) is 4.79 Å². The summed E-state index contributed by atoms with van der Waals surface area (Å²) in [7, 11) is 1.83. The summed E-state index contributed by atoms with van der Waals surface area (Å²) in [6, 6.07) is 0.0538. The Hall–Kier alpha value is -0.810. The standard InChI is InChI=1S/C11H23N3O2/c1-4-11(2,9-12)13(3)10(15)14-5-7-16-8-6-14/h4-9,12H2,1-3H3. The lowest BCUT2D eigenvalue weighted by atomic mass is 9.97. The van der Waals surface area contributed by atoms with E-state index < -0.39 is 0 Å². The summed E-state index contributed by atoms with van der Waals surface area (Å²) in [4.78, 5) is 15.8. The zero-order valence-corrected chi connectivity index (χ0v) is 10.5. The molecule has 1 aliphatic heterocycles. The Morgan fingerprint density at radius 3 is 2.50 bits per heavy atom. The molecule has 0 aromatic rings. The summed E-state index contributed by atoms with van der Waals surface area (Å²) >= 11 is 0. The van der Waals surface area contributed by atoms with Crippen molar-refractivity contribution in [3.8, 4) is 0 Å². The molecule has 1 unspecified atom stereocenters. The summed E-state index contributed by atoms with van der Waals surface area (Å²) < 4.78 is 5.23. The van der Waals surface area contributed by atoms with Crippen molar-refractivity contribution in [3.05, 3.63) is 0 Å². The van der Waals surface area contributed by atoms with E-state index in [-0.39, 0.29) is 11.6 Å². The molecule has 94 valence electrons. The molecule has 5 heteroatoms. The minimum absolute atomic E-state index is 0.0538. The second-order valence-corrected chi connectivity index (χ2v) is 4.50. The van der Waals surface area contributed by atoms with Gasteiger partial charge in [0.05, 0.1) is 18.8 Å². The van der Waals surface area contributed by atoms with Crippen molar-refractivity contribution in [2.24, 2.45) is 5.73 Å². The largest absolute Gasteiger partial charge is 0.378 e. The fourth-order valence-electron chi connectivity index (χ4n) is 1.72. The van der Waals surface area contributed by atoms with E-state index in [1.807, 2.05) is 18.9 Å². The molecule has 0 spiro atoms. The molecule has 0 bridgehead atoms. The first-order chi connectivity index (χ1) is 7.55. The predicted molar refractivity (Wildman–Crippen MR) is 63.3 cm³/mol. The summed E-state index contributed by atoms with van der Waals surface area (Å²) in [6.07, 6.45) is 0.857. The van der Waals surface area contributed by atoms with E-state index >= 15 is 0 Å². The van der Waals surface area contributed by atoms with Crippen LogP contribution in [0.3, 0.4) is 0 Å². The number of urea groups is 1. The van der Waals surface area contributed by atoms with Gasteiger partial charge in [0.2, 0.25) is 0 Å². The smallest absolute Gasteiger partial charge is 0.320 e. The normalized spacial score (nSPS) is 20.4. The highest BCUT2D eigenvalue weighted by atomic mass is 16.5. The van der Waals surface area contributed by atoms with Gasteiger partial charge in [0.15, 0.2) is 0 Å². The van der Waals surface area contributed by atoms with Gasteiger partial charge in [-0.3, -0.25) is 0 Å². The van der Waals surface area contributed by atoms with Crippen LogP contribution in [0.15, 0.2) is 0 Å². The summed E-state index contributed by atoms with van der Waals surface area (Å²) in [6.45, 7) is 7.16. The first-order valence-electron chi connectivity index (χ1n) is 5.85. The minimum Gasteiger partial charge on any atom is -0.378 e. The fourth-order valence-corrected chi connectivity index (χ4v) is 1.72. The molecule has 5 nitrogen and oxygen atoms in total. The Balaban J connectivity index is 2.64. The molecule has 0 aromatic heterocycles. The number of hydrogen-bond acceptors (Lipinski definition) is 3. The van der Waals surface area contributed by atoms with Gasteiger partial charge in [0.25, 0.3) is 0 Å². The molecule has 0 saturated carbocycles. The zero-order chi connectivity index (χ0) is 12.2. The monoisotopic (exact) mass is 229 g/mol. The third-order valence-corrected chi connectivity index (χ3v) is 3.58. The molecule has 1 fully saturated rings. The molecule has 0 aromatic carbocycles. The molecular weight excluding hydrogens is 206 g/mol. The van der Waals surface area contributed by atoms with E-state index in [1.165, 1.54) is 0 Å². The van der Waals surface area contributed by atoms with Crippen LogP contribution in [0.2, 0.25) is 0 Å². The summed E-state index contributed by atoms with van der Waals surface area (Å²) in [5.74, 6) is 0. The SMILES string of the molecule is CCC(C)(CN)N(C)C(=O)N1CCOCC1. The lowest BCUT2D eigenvalue weighted by Crippen LogP contribution is -2.57. The molecule has 2 N–H and O–H groups in total. The number of carbonyl (C=O) groups is 1. The van der Waals surface area contributed by atoms with Gasteiger partial charge in [0.1, 0.15) is 0 Å². The molecule has 1 atom stereocenters. The van der Waals surface area contributed by atoms with E-state index in [0.717, 1.165) is 6.42 Å². The average molecular weight is 229 g/mol.